The molecule has 17 heavy (non-hydrogen) atoms. The third-order valence-electron chi connectivity index (χ3n) is 3.87. The van der Waals surface area contributed by atoms with Crippen molar-refractivity contribution in [3.05, 3.63) is 12.7 Å². The van der Waals surface area contributed by atoms with Crippen LogP contribution in [-0.2, 0) is 4.79 Å². The topological polar surface area (TPSA) is 20.3 Å². The Morgan fingerprint density at radius 1 is 1.24 bits per heavy atom. The summed E-state index contributed by atoms with van der Waals surface area (Å²) >= 11 is 0. The summed E-state index contributed by atoms with van der Waals surface area (Å²) in [6, 6.07) is 0.333. The lowest BCUT2D eigenvalue weighted by Gasteiger charge is -2.60. The lowest BCUT2D eigenvalue weighted by atomic mass is 9.74. The van der Waals surface area contributed by atoms with Crippen LogP contribution in [-0.4, -0.2) is 31.2 Å². The molecule has 0 radical (unpaired) electrons. The molecule has 0 spiro atoms. The van der Waals surface area contributed by atoms with Gasteiger partial charge in [0.2, 0.25) is 5.91 Å². The summed E-state index contributed by atoms with van der Waals surface area (Å²) in [5, 5.41) is 0. The van der Waals surface area contributed by atoms with Gasteiger partial charge in [0.15, 0.2) is 0 Å². The van der Waals surface area contributed by atoms with Gasteiger partial charge in [0.25, 0.3) is 0 Å². The van der Waals surface area contributed by atoms with Crippen LogP contribution < -0.4 is 0 Å². The van der Waals surface area contributed by atoms with Gasteiger partial charge in [-0.2, -0.15) is 0 Å². The Morgan fingerprint density at radius 3 is 2.00 bits per heavy atom. The monoisotopic (exact) mass is 253 g/mol. The van der Waals surface area contributed by atoms with Crippen molar-refractivity contribution in [2.24, 2.45) is 5.41 Å². The molecule has 0 saturated carbocycles. The predicted octanol–water partition coefficient (Wildman–Crippen LogP) is 3.06. The van der Waals surface area contributed by atoms with E-state index in [2.05, 4.69) is 59.2 Å². The van der Waals surface area contributed by atoms with Gasteiger partial charge in [-0.3, -0.25) is 4.79 Å². The highest BCUT2D eigenvalue weighted by Crippen LogP contribution is 2.48. The van der Waals surface area contributed by atoms with E-state index in [4.69, 9.17) is 0 Å². The first-order valence-electron chi connectivity index (χ1n) is 6.51. The second-order valence-corrected chi connectivity index (χ2v) is 10.3. The number of amides is 1. The zero-order valence-corrected chi connectivity index (χ0v) is 13.5. The van der Waals surface area contributed by atoms with Crippen molar-refractivity contribution in [3.63, 3.8) is 0 Å². The van der Waals surface area contributed by atoms with Gasteiger partial charge in [0.1, 0.15) is 0 Å². The number of hydrogen-bond donors (Lipinski definition) is 0. The van der Waals surface area contributed by atoms with Gasteiger partial charge in [-0.05, 0) is 20.8 Å². The van der Waals surface area contributed by atoms with Crippen molar-refractivity contribution in [2.45, 2.75) is 64.8 Å². The van der Waals surface area contributed by atoms with Gasteiger partial charge in [0, 0.05) is 31.3 Å². The highest BCUT2D eigenvalue weighted by molar-refractivity contribution is 6.63. The Hall–Kier alpha value is -0.573. The van der Waals surface area contributed by atoms with E-state index in [1.165, 1.54) is 0 Å². The molecule has 1 aliphatic rings. The van der Waals surface area contributed by atoms with Crippen molar-refractivity contribution in [2.75, 3.05) is 0 Å². The lowest BCUT2D eigenvalue weighted by molar-refractivity contribution is -0.160. The molecular weight excluding hydrogens is 226 g/mol. The van der Waals surface area contributed by atoms with Crippen LogP contribution in [0.1, 0.15) is 34.6 Å². The molecule has 1 saturated heterocycles. The quantitative estimate of drug-likeness (QED) is 0.430. The smallest absolute Gasteiger partial charge is 0.225 e. The summed E-state index contributed by atoms with van der Waals surface area (Å²) < 4.78 is 0. The van der Waals surface area contributed by atoms with Crippen LogP contribution in [0.2, 0.25) is 18.6 Å². The maximum atomic E-state index is 12.3. The maximum absolute atomic E-state index is 12.3. The van der Waals surface area contributed by atoms with E-state index in [0.29, 0.717) is 11.9 Å². The minimum Gasteiger partial charge on any atom is -0.333 e. The standard InChI is InChI=1S/C14H27NOSi/c1-9-14(5,6)11-10(17(7)8)12(16)15(11)13(2,3)4/h9-11,17H,1H2,2-8H3. The highest BCUT2D eigenvalue weighted by Gasteiger charge is 2.57. The molecule has 2 atom stereocenters. The maximum Gasteiger partial charge on any atom is 0.225 e. The van der Waals surface area contributed by atoms with Crippen LogP contribution in [0.25, 0.3) is 0 Å². The number of nitrogens with zero attached hydrogens (tertiary/aromatic N) is 1. The Labute approximate surface area is 108 Å². The average molecular weight is 253 g/mol. The molecule has 2 nitrogen and oxygen atoms in total. The van der Waals surface area contributed by atoms with E-state index in [-0.39, 0.29) is 16.5 Å². The van der Waals surface area contributed by atoms with Gasteiger partial charge in [-0.15, -0.1) is 6.58 Å². The number of β-lactam (4-membered cyclic amide) rings is 1. The Kier molecular flexibility index (Phi) is 3.64. The molecule has 0 N–H and O–H groups in total. The molecule has 0 aromatic heterocycles. The number of carbonyl (C=O) groups is 1. The van der Waals surface area contributed by atoms with Crippen molar-refractivity contribution < 1.29 is 4.79 Å². The summed E-state index contributed by atoms with van der Waals surface area (Å²) in [4.78, 5) is 14.4. The van der Waals surface area contributed by atoms with E-state index in [0.717, 1.165) is 0 Å². The number of hydrogen-bond acceptors (Lipinski definition) is 1. The van der Waals surface area contributed by atoms with Gasteiger partial charge in [-0.1, -0.05) is 33.0 Å². The summed E-state index contributed by atoms with van der Waals surface area (Å²) in [5.74, 6) is 0.360. The molecule has 1 heterocycles. The zero-order valence-electron chi connectivity index (χ0n) is 12.4. The summed E-state index contributed by atoms with van der Waals surface area (Å²) in [5.41, 5.74) is 0.201. The number of rotatable bonds is 3. The van der Waals surface area contributed by atoms with Gasteiger partial charge in [-0.25, -0.2) is 0 Å². The van der Waals surface area contributed by atoms with Gasteiger partial charge in [0.05, 0.1) is 0 Å². The molecule has 0 bridgehead atoms. The average Bonchev–Trinajstić information content (AvgIpc) is 2.10. The molecule has 98 valence electrons. The number of likely N-dealkylation sites (tertiary alicyclic amines) is 1. The fraction of sp³-hybridized carbons (Fsp3) is 0.786. The van der Waals surface area contributed by atoms with Crippen LogP contribution in [0.3, 0.4) is 0 Å². The van der Waals surface area contributed by atoms with E-state index in [9.17, 15) is 4.79 Å². The molecule has 1 fully saturated rings. The van der Waals surface area contributed by atoms with E-state index in [1.807, 2.05) is 6.08 Å². The first-order chi connectivity index (χ1) is 7.54. The first kappa shape index (κ1) is 14.5. The Morgan fingerprint density at radius 2 is 1.71 bits per heavy atom. The predicted molar refractivity (Wildman–Crippen MR) is 77.0 cm³/mol. The van der Waals surface area contributed by atoms with Crippen LogP contribution in [0.4, 0.5) is 0 Å². The normalized spacial score (nSPS) is 26.1. The molecule has 0 aliphatic carbocycles. The molecule has 1 rings (SSSR count). The molecule has 1 amide bonds. The zero-order chi connectivity index (χ0) is 13.6. The van der Waals surface area contributed by atoms with Crippen LogP contribution in [0.5, 0.6) is 0 Å². The minimum atomic E-state index is -0.957. The summed E-state index contributed by atoms with van der Waals surface area (Å²) in [7, 11) is -0.957. The molecule has 3 heteroatoms. The highest BCUT2D eigenvalue weighted by atomic mass is 28.3. The van der Waals surface area contributed by atoms with Crippen LogP contribution >= 0.6 is 0 Å². The molecule has 2 unspecified atom stereocenters. The van der Waals surface area contributed by atoms with Gasteiger partial charge < -0.3 is 4.90 Å². The molecular formula is C14H27NOSi. The van der Waals surface area contributed by atoms with E-state index >= 15 is 0 Å². The van der Waals surface area contributed by atoms with E-state index in [1.54, 1.807) is 0 Å². The lowest BCUT2D eigenvalue weighted by Crippen LogP contribution is -2.70. The number of carbonyl (C=O) groups excluding carboxylic acids is 1. The molecule has 0 aromatic carbocycles. The molecule has 0 aromatic rings. The SMILES string of the molecule is C=CC(C)(C)C1C([SiH](C)C)C(=O)N1C(C)(C)C. The summed E-state index contributed by atoms with van der Waals surface area (Å²) in [6.45, 7) is 19.2. The summed E-state index contributed by atoms with van der Waals surface area (Å²) in [6.07, 6.45) is 2.01. The second kappa shape index (κ2) is 4.27. The largest absolute Gasteiger partial charge is 0.333 e. The van der Waals surface area contributed by atoms with E-state index < -0.39 is 8.80 Å². The van der Waals surface area contributed by atoms with Crippen molar-refractivity contribution >= 4 is 14.7 Å². The third kappa shape index (κ3) is 2.35. The minimum absolute atomic E-state index is 0.00310. The molecule has 1 aliphatic heterocycles. The Balaban J connectivity index is 3.10. The second-order valence-electron chi connectivity index (χ2n) is 7.12. The van der Waals surface area contributed by atoms with Crippen molar-refractivity contribution in [1.29, 1.82) is 0 Å². The van der Waals surface area contributed by atoms with Gasteiger partial charge >= 0.3 is 0 Å². The van der Waals surface area contributed by atoms with Crippen molar-refractivity contribution in [1.82, 2.24) is 4.90 Å². The Bertz CT molecular complexity index is 328. The van der Waals surface area contributed by atoms with Crippen molar-refractivity contribution in [3.8, 4) is 0 Å². The van der Waals surface area contributed by atoms with Crippen LogP contribution in [0.15, 0.2) is 12.7 Å². The van der Waals surface area contributed by atoms with Crippen LogP contribution in [0, 0.1) is 5.41 Å². The first-order valence-corrected chi connectivity index (χ1v) is 9.48. The third-order valence-corrected chi connectivity index (χ3v) is 5.96. The fourth-order valence-corrected chi connectivity index (χ4v) is 4.95. The fourth-order valence-electron chi connectivity index (χ4n) is 2.83.